The molecule has 108 valence electrons. The number of benzene rings is 1. The van der Waals surface area contributed by atoms with Crippen LogP contribution in [0.3, 0.4) is 0 Å². The third kappa shape index (κ3) is 4.09. The number of aryl methyl sites for hydroxylation is 2. The fourth-order valence-corrected chi connectivity index (χ4v) is 4.62. The average Bonchev–Trinajstić information content (AvgIpc) is 2.53. The number of rotatable bonds is 4. The molecule has 0 saturated carbocycles. The summed E-state index contributed by atoms with van der Waals surface area (Å²) in [6, 6.07) is 4.72. The van der Waals surface area contributed by atoms with E-state index in [4.69, 9.17) is 23.2 Å². The smallest absolute Gasteiger partial charge is 0.237 e. The molecule has 0 aliphatic carbocycles. The lowest BCUT2D eigenvalue weighted by Crippen LogP contribution is -2.15. The highest BCUT2D eigenvalue weighted by atomic mass is 35.5. The molecule has 1 aromatic heterocycles. The zero-order valence-corrected chi connectivity index (χ0v) is 13.9. The van der Waals surface area contributed by atoms with E-state index in [1.807, 2.05) is 6.92 Å². The highest BCUT2D eigenvalue weighted by molar-refractivity contribution is 7.92. The van der Waals surface area contributed by atoms with E-state index in [1.165, 1.54) is 11.3 Å². The molecule has 2 aromatic rings. The van der Waals surface area contributed by atoms with E-state index in [1.54, 1.807) is 25.1 Å². The summed E-state index contributed by atoms with van der Waals surface area (Å²) in [5, 5.41) is 2.17. The van der Waals surface area contributed by atoms with Gasteiger partial charge in [0.1, 0.15) is 5.00 Å². The van der Waals surface area contributed by atoms with Crippen LogP contribution >= 0.6 is 34.5 Å². The minimum absolute atomic E-state index is 0.191. The molecule has 1 N–H and O–H groups in total. The first-order valence-corrected chi connectivity index (χ1v) is 8.87. The van der Waals surface area contributed by atoms with Crippen molar-refractivity contribution in [2.75, 3.05) is 4.72 Å². The Hall–Kier alpha value is -0.820. The van der Waals surface area contributed by atoms with Crippen molar-refractivity contribution in [1.29, 1.82) is 0 Å². The van der Waals surface area contributed by atoms with Gasteiger partial charge in [-0.3, -0.25) is 4.72 Å². The molecule has 0 fully saturated rings. The highest BCUT2D eigenvalue weighted by Crippen LogP contribution is 2.26. The van der Waals surface area contributed by atoms with E-state index in [0.29, 0.717) is 26.3 Å². The molecule has 0 radical (unpaired) electrons. The van der Waals surface area contributed by atoms with Crippen molar-refractivity contribution >= 4 is 49.6 Å². The van der Waals surface area contributed by atoms with Gasteiger partial charge in [0, 0.05) is 10.0 Å². The van der Waals surface area contributed by atoms with E-state index in [0.717, 1.165) is 5.01 Å². The first-order valence-electron chi connectivity index (χ1n) is 5.65. The van der Waals surface area contributed by atoms with Crippen LogP contribution in [0.15, 0.2) is 18.2 Å². The third-order valence-corrected chi connectivity index (χ3v) is 5.21. The second-order valence-electron chi connectivity index (χ2n) is 4.29. The lowest BCUT2D eigenvalue weighted by atomic mass is 10.2. The minimum atomic E-state index is -3.53. The van der Waals surface area contributed by atoms with Crippen molar-refractivity contribution in [2.45, 2.75) is 19.6 Å². The summed E-state index contributed by atoms with van der Waals surface area (Å²) in [4.78, 5) is 4.18. The summed E-state index contributed by atoms with van der Waals surface area (Å²) in [6.07, 6.45) is 0. The Morgan fingerprint density at radius 1 is 1.20 bits per heavy atom. The summed E-state index contributed by atoms with van der Waals surface area (Å²) < 4.78 is 26.8. The molecule has 20 heavy (non-hydrogen) atoms. The molecule has 1 aromatic carbocycles. The Balaban J connectivity index is 2.21. The maximum absolute atomic E-state index is 12.1. The van der Waals surface area contributed by atoms with Crippen LogP contribution in [0.2, 0.25) is 10.0 Å². The molecule has 0 saturated heterocycles. The largest absolute Gasteiger partial charge is 0.273 e. The summed E-state index contributed by atoms with van der Waals surface area (Å²) in [6.45, 7) is 3.59. The van der Waals surface area contributed by atoms with Gasteiger partial charge in [-0.1, -0.05) is 23.2 Å². The van der Waals surface area contributed by atoms with Crippen LogP contribution in [0, 0.1) is 13.8 Å². The summed E-state index contributed by atoms with van der Waals surface area (Å²) >= 11 is 13.0. The number of aromatic nitrogens is 1. The van der Waals surface area contributed by atoms with Crippen LogP contribution in [0.25, 0.3) is 0 Å². The molecule has 2 rings (SSSR count). The monoisotopic (exact) mass is 350 g/mol. The Kier molecular flexibility index (Phi) is 4.59. The third-order valence-electron chi connectivity index (χ3n) is 2.43. The summed E-state index contributed by atoms with van der Waals surface area (Å²) in [5.41, 5.74) is 1.20. The number of nitrogens with one attached hydrogen (secondary N) is 1. The normalized spacial score (nSPS) is 11.6. The Morgan fingerprint density at radius 3 is 2.30 bits per heavy atom. The number of halogens is 2. The van der Waals surface area contributed by atoms with Crippen LogP contribution in [-0.2, 0) is 15.8 Å². The second-order valence-corrected chi connectivity index (χ2v) is 8.08. The summed E-state index contributed by atoms with van der Waals surface area (Å²) in [7, 11) is -3.53. The quantitative estimate of drug-likeness (QED) is 0.905. The van der Waals surface area contributed by atoms with Crippen molar-refractivity contribution in [1.82, 2.24) is 4.98 Å². The first kappa shape index (κ1) is 15.6. The van der Waals surface area contributed by atoms with Gasteiger partial charge >= 0.3 is 0 Å². The molecule has 1 heterocycles. The standard InChI is InChI=1S/C12H12Cl2N2O2S2/c1-7-12(19-8(2)15-7)16-20(17,18)6-9-3-10(13)5-11(14)4-9/h3-5,16H,6H2,1-2H3. The van der Waals surface area contributed by atoms with Crippen LogP contribution in [0.5, 0.6) is 0 Å². The summed E-state index contributed by atoms with van der Waals surface area (Å²) in [5.74, 6) is -0.191. The minimum Gasteiger partial charge on any atom is -0.273 e. The van der Waals surface area contributed by atoms with Gasteiger partial charge in [0.05, 0.1) is 16.5 Å². The van der Waals surface area contributed by atoms with Gasteiger partial charge in [0.2, 0.25) is 10.0 Å². The van der Waals surface area contributed by atoms with Gasteiger partial charge in [0.15, 0.2) is 0 Å². The second kappa shape index (κ2) is 5.89. The van der Waals surface area contributed by atoms with Crippen LogP contribution in [-0.4, -0.2) is 13.4 Å². The zero-order chi connectivity index (χ0) is 14.9. The van der Waals surface area contributed by atoms with Crippen molar-refractivity contribution in [2.24, 2.45) is 0 Å². The number of hydrogen-bond donors (Lipinski definition) is 1. The van der Waals surface area contributed by atoms with Crippen LogP contribution < -0.4 is 4.72 Å². The van der Waals surface area contributed by atoms with Crippen molar-refractivity contribution in [3.8, 4) is 0 Å². The van der Waals surface area contributed by atoms with E-state index < -0.39 is 10.0 Å². The van der Waals surface area contributed by atoms with E-state index in [2.05, 4.69) is 9.71 Å². The molecular formula is C12H12Cl2N2O2S2. The maximum Gasteiger partial charge on any atom is 0.237 e. The Morgan fingerprint density at radius 2 is 1.80 bits per heavy atom. The van der Waals surface area contributed by atoms with Gasteiger partial charge in [-0.25, -0.2) is 13.4 Å². The van der Waals surface area contributed by atoms with E-state index in [-0.39, 0.29) is 5.75 Å². The fourth-order valence-electron chi connectivity index (χ4n) is 1.72. The van der Waals surface area contributed by atoms with Crippen molar-refractivity contribution < 1.29 is 8.42 Å². The molecule has 0 amide bonds. The molecule has 0 aliphatic heterocycles. The van der Waals surface area contributed by atoms with Gasteiger partial charge < -0.3 is 0 Å². The Bertz CT molecular complexity index is 722. The molecule has 0 aliphatic rings. The molecular weight excluding hydrogens is 339 g/mol. The zero-order valence-electron chi connectivity index (χ0n) is 10.8. The van der Waals surface area contributed by atoms with Gasteiger partial charge in [-0.2, -0.15) is 0 Å². The van der Waals surface area contributed by atoms with Crippen LogP contribution in [0.4, 0.5) is 5.00 Å². The SMILES string of the molecule is Cc1nc(C)c(NS(=O)(=O)Cc2cc(Cl)cc(Cl)c2)s1. The molecule has 4 nitrogen and oxygen atoms in total. The molecule has 0 bridgehead atoms. The number of hydrogen-bond acceptors (Lipinski definition) is 4. The fraction of sp³-hybridized carbons (Fsp3) is 0.250. The van der Waals surface area contributed by atoms with E-state index >= 15 is 0 Å². The van der Waals surface area contributed by atoms with E-state index in [9.17, 15) is 8.42 Å². The lowest BCUT2D eigenvalue weighted by molar-refractivity contribution is 0.600. The molecule has 8 heteroatoms. The number of nitrogens with zero attached hydrogens (tertiary/aromatic N) is 1. The average molecular weight is 351 g/mol. The Labute approximate surface area is 131 Å². The molecule has 0 spiro atoms. The van der Waals surface area contributed by atoms with Gasteiger partial charge in [0.25, 0.3) is 0 Å². The molecule has 0 atom stereocenters. The number of anilines is 1. The van der Waals surface area contributed by atoms with Crippen LogP contribution in [0.1, 0.15) is 16.3 Å². The van der Waals surface area contributed by atoms with Crippen molar-refractivity contribution in [3.05, 3.63) is 44.5 Å². The van der Waals surface area contributed by atoms with Crippen molar-refractivity contribution in [3.63, 3.8) is 0 Å². The lowest BCUT2D eigenvalue weighted by Gasteiger charge is -2.07. The van der Waals surface area contributed by atoms with Gasteiger partial charge in [-0.05, 0) is 37.6 Å². The topological polar surface area (TPSA) is 59.1 Å². The predicted molar refractivity (Wildman–Crippen MR) is 84.3 cm³/mol. The number of thiazole rings is 1. The maximum atomic E-state index is 12.1. The first-order chi connectivity index (χ1) is 9.25. The predicted octanol–water partition coefficient (Wildman–Crippen LogP) is 4.01. The van der Waals surface area contributed by atoms with Gasteiger partial charge in [-0.15, -0.1) is 11.3 Å². The number of sulfonamides is 1. The highest BCUT2D eigenvalue weighted by Gasteiger charge is 2.16. The molecule has 0 unspecified atom stereocenters.